The molecule has 0 aromatic rings. The fraction of sp³-hybridized carbons (Fsp3) is 1.00. The van der Waals surface area contributed by atoms with Gasteiger partial charge in [-0.2, -0.15) is 0 Å². The zero-order valence-corrected chi connectivity index (χ0v) is 12.1. The van der Waals surface area contributed by atoms with Gasteiger partial charge in [-0.05, 0) is 69.5 Å². The number of piperidine rings is 1. The molecule has 2 aliphatic rings. The first-order valence-corrected chi connectivity index (χ1v) is 7.30. The average molecular weight is 225 g/mol. The third-order valence-corrected chi connectivity index (χ3v) is 4.73. The normalized spacial score (nSPS) is 29.2. The van der Waals surface area contributed by atoms with E-state index >= 15 is 0 Å². The SMILES string of the molecule is CC.CC(C)C1CCC2(CCN(C)CC2)C1. The summed E-state index contributed by atoms with van der Waals surface area (Å²) in [5.41, 5.74) is 0.765. The van der Waals surface area contributed by atoms with Crippen molar-refractivity contribution in [2.24, 2.45) is 17.3 Å². The monoisotopic (exact) mass is 225 g/mol. The van der Waals surface area contributed by atoms with Crippen molar-refractivity contribution < 1.29 is 0 Å². The predicted octanol–water partition coefficient (Wildman–Crippen LogP) is 4.18. The molecule has 0 amide bonds. The second-order valence-electron chi connectivity index (χ2n) is 6.05. The molecule has 1 heteroatoms. The molecule has 0 aromatic carbocycles. The van der Waals surface area contributed by atoms with E-state index in [0.717, 1.165) is 17.3 Å². The first-order valence-electron chi connectivity index (χ1n) is 7.30. The molecule has 1 aliphatic heterocycles. The maximum atomic E-state index is 2.49. The molecule has 1 spiro atoms. The zero-order valence-electron chi connectivity index (χ0n) is 12.1. The first kappa shape index (κ1) is 14.0. The number of nitrogens with zero attached hydrogens (tertiary/aromatic N) is 1. The third-order valence-electron chi connectivity index (χ3n) is 4.73. The van der Waals surface area contributed by atoms with Crippen LogP contribution in [0.2, 0.25) is 0 Å². The summed E-state index contributed by atoms with van der Waals surface area (Å²) in [6.45, 7) is 11.5. The van der Waals surface area contributed by atoms with Crippen LogP contribution in [-0.4, -0.2) is 25.0 Å². The molecule has 1 nitrogen and oxygen atoms in total. The molecule has 0 N–H and O–H groups in total. The molecule has 1 aliphatic carbocycles. The lowest BCUT2D eigenvalue weighted by Gasteiger charge is -2.38. The lowest BCUT2D eigenvalue weighted by Crippen LogP contribution is -2.36. The van der Waals surface area contributed by atoms with E-state index in [-0.39, 0.29) is 0 Å². The van der Waals surface area contributed by atoms with Gasteiger partial charge in [-0.3, -0.25) is 0 Å². The quantitative estimate of drug-likeness (QED) is 0.647. The molecule has 1 saturated heterocycles. The molecular weight excluding hydrogens is 194 g/mol. The number of likely N-dealkylation sites (tertiary alicyclic amines) is 1. The number of rotatable bonds is 1. The predicted molar refractivity (Wildman–Crippen MR) is 72.7 cm³/mol. The molecule has 2 rings (SSSR count). The van der Waals surface area contributed by atoms with Crippen LogP contribution in [0.5, 0.6) is 0 Å². The van der Waals surface area contributed by atoms with Gasteiger partial charge in [0.05, 0.1) is 0 Å². The maximum absolute atomic E-state index is 2.49. The standard InChI is InChI=1S/C13H25N.C2H6/c1-11(2)12-4-5-13(10-12)6-8-14(3)9-7-13;1-2/h11-12H,4-10H2,1-3H3;1-2H3. The minimum absolute atomic E-state index is 0.765. The van der Waals surface area contributed by atoms with Crippen molar-refractivity contribution in [2.45, 2.75) is 59.8 Å². The minimum atomic E-state index is 0.765. The molecular formula is C15H31N. The maximum Gasteiger partial charge on any atom is -0.00165 e. The van der Waals surface area contributed by atoms with Crippen molar-refractivity contribution in [3.05, 3.63) is 0 Å². The molecule has 96 valence electrons. The molecule has 0 bridgehead atoms. The molecule has 1 heterocycles. The van der Waals surface area contributed by atoms with E-state index in [9.17, 15) is 0 Å². The van der Waals surface area contributed by atoms with Crippen molar-refractivity contribution in [3.8, 4) is 0 Å². The summed E-state index contributed by atoms with van der Waals surface area (Å²) in [5.74, 6) is 1.94. The van der Waals surface area contributed by atoms with Gasteiger partial charge in [0.1, 0.15) is 0 Å². The number of hydrogen-bond donors (Lipinski definition) is 0. The van der Waals surface area contributed by atoms with Gasteiger partial charge in [-0.15, -0.1) is 0 Å². The van der Waals surface area contributed by atoms with Crippen LogP contribution in [0.15, 0.2) is 0 Å². The van der Waals surface area contributed by atoms with Gasteiger partial charge in [-0.1, -0.05) is 27.7 Å². The van der Waals surface area contributed by atoms with Crippen LogP contribution in [0.3, 0.4) is 0 Å². The van der Waals surface area contributed by atoms with Crippen LogP contribution in [0.1, 0.15) is 59.8 Å². The van der Waals surface area contributed by atoms with Crippen LogP contribution < -0.4 is 0 Å². The van der Waals surface area contributed by atoms with Crippen LogP contribution in [0, 0.1) is 17.3 Å². The summed E-state index contributed by atoms with van der Waals surface area (Å²) in [6.07, 6.45) is 7.48. The summed E-state index contributed by atoms with van der Waals surface area (Å²) in [7, 11) is 2.27. The van der Waals surface area contributed by atoms with E-state index in [1.165, 1.54) is 45.2 Å². The smallest absolute Gasteiger partial charge is 0.00165 e. The highest BCUT2D eigenvalue weighted by atomic mass is 15.1. The van der Waals surface area contributed by atoms with Crippen molar-refractivity contribution in [3.63, 3.8) is 0 Å². The largest absolute Gasteiger partial charge is 0.306 e. The third kappa shape index (κ3) is 3.23. The average Bonchev–Trinajstić information content (AvgIpc) is 2.71. The van der Waals surface area contributed by atoms with E-state index in [1.54, 1.807) is 0 Å². The second kappa shape index (κ2) is 6.05. The Hall–Kier alpha value is -0.0400. The summed E-state index contributed by atoms with van der Waals surface area (Å²) >= 11 is 0. The summed E-state index contributed by atoms with van der Waals surface area (Å²) < 4.78 is 0. The van der Waals surface area contributed by atoms with E-state index < -0.39 is 0 Å². The Morgan fingerprint density at radius 2 is 1.62 bits per heavy atom. The Labute approximate surface area is 103 Å². The summed E-state index contributed by atoms with van der Waals surface area (Å²) in [6, 6.07) is 0. The van der Waals surface area contributed by atoms with Gasteiger partial charge >= 0.3 is 0 Å². The van der Waals surface area contributed by atoms with Crippen molar-refractivity contribution in [1.82, 2.24) is 4.90 Å². The molecule has 0 radical (unpaired) electrons. The molecule has 1 atom stereocenters. The highest BCUT2D eigenvalue weighted by molar-refractivity contribution is 4.93. The van der Waals surface area contributed by atoms with Gasteiger partial charge in [0.25, 0.3) is 0 Å². The van der Waals surface area contributed by atoms with Crippen molar-refractivity contribution in [1.29, 1.82) is 0 Å². The lowest BCUT2D eigenvalue weighted by molar-refractivity contribution is 0.120. The topological polar surface area (TPSA) is 3.24 Å². The lowest BCUT2D eigenvalue weighted by atomic mass is 9.75. The fourth-order valence-electron chi connectivity index (χ4n) is 3.37. The fourth-order valence-corrected chi connectivity index (χ4v) is 3.37. The second-order valence-corrected chi connectivity index (χ2v) is 6.05. The highest BCUT2D eigenvalue weighted by Gasteiger charge is 2.41. The molecule has 0 aromatic heterocycles. The van der Waals surface area contributed by atoms with Crippen molar-refractivity contribution in [2.75, 3.05) is 20.1 Å². The van der Waals surface area contributed by atoms with Crippen LogP contribution in [0.25, 0.3) is 0 Å². The molecule has 2 fully saturated rings. The minimum Gasteiger partial charge on any atom is -0.306 e. The van der Waals surface area contributed by atoms with Gasteiger partial charge < -0.3 is 4.90 Å². The van der Waals surface area contributed by atoms with Crippen LogP contribution in [-0.2, 0) is 0 Å². The van der Waals surface area contributed by atoms with E-state index in [4.69, 9.17) is 0 Å². The van der Waals surface area contributed by atoms with Gasteiger partial charge in [-0.25, -0.2) is 0 Å². The Kier molecular flexibility index (Phi) is 5.30. The summed E-state index contributed by atoms with van der Waals surface area (Å²) in [4.78, 5) is 2.49. The van der Waals surface area contributed by atoms with E-state index in [1.807, 2.05) is 13.8 Å². The van der Waals surface area contributed by atoms with Gasteiger partial charge in [0, 0.05) is 0 Å². The van der Waals surface area contributed by atoms with Crippen LogP contribution in [0.4, 0.5) is 0 Å². The first-order chi connectivity index (χ1) is 7.61. The Balaban J connectivity index is 0.000000606. The highest BCUT2D eigenvalue weighted by Crippen LogP contribution is 2.50. The Morgan fingerprint density at radius 3 is 2.06 bits per heavy atom. The Bertz CT molecular complexity index is 190. The van der Waals surface area contributed by atoms with E-state index in [0.29, 0.717) is 0 Å². The molecule has 1 saturated carbocycles. The van der Waals surface area contributed by atoms with E-state index in [2.05, 4.69) is 25.8 Å². The Morgan fingerprint density at radius 1 is 1.06 bits per heavy atom. The molecule has 16 heavy (non-hydrogen) atoms. The summed E-state index contributed by atoms with van der Waals surface area (Å²) in [5, 5.41) is 0. The number of hydrogen-bond acceptors (Lipinski definition) is 1. The van der Waals surface area contributed by atoms with Crippen LogP contribution >= 0.6 is 0 Å². The van der Waals surface area contributed by atoms with Gasteiger partial charge in [0.15, 0.2) is 0 Å². The van der Waals surface area contributed by atoms with Gasteiger partial charge in [0.2, 0.25) is 0 Å². The molecule has 1 unspecified atom stereocenters. The van der Waals surface area contributed by atoms with Crippen molar-refractivity contribution >= 4 is 0 Å². The zero-order chi connectivity index (χ0) is 12.2.